The third kappa shape index (κ3) is 4.58. The van der Waals surface area contributed by atoms with Crippen LogP contribution in [0.2, 0.25) is 0 Å². The number of nitrogens with zero attached hydrogens (tertiary/aromatic N) is 2. The van der Waals surface area contributed by atoms with Crippen LogP contribution in [0, 0.1) is 0 Å². The van der Waals surface area contributed by atoms with E-state index >= 15 is 0 Å². The van der Waals surface area contributed by atoms with E-state index in [9.17, 15) is 26.3 Å². The summed E-state index contributed by atoms with van der Waals surface area (Å²) < 4.78 is 88.1. The Morgan fingerprint density at radius 1 is 1.08 bits per heavy atom. The third-order valence-corrected chi connectivity index (χ3v) is 3.48. The van der Waals surface area contributed by atoms with Crippen molar-refractivity contribution in [2.24, 2.45) is 0 Å². The summed E-state index contributed by atoms with van der Waals surface area (Å²) in [6.07, 6.45) is -8.11. The van der Waals surface area contributed by atoms with E-state index in [0.29, 0.717) is 12.1 Å². The van der Waals surface area contributed by atoms with E-state index in [1.165, 1.54) is 19.5 Å². The number of rotatable bonds is 5. The fourth-order valence-corrected chi connectivity index (χ4v) is 2.32. The van der Waals surface area contributed by atoms with Crippen molar-refractivity contribution in [1.29, 1.82) is 0 Å². The standard InChI is InChI=1S/C15H14F6N2O2/c1-24-10-7-22-23(8-10)12(6-14(16,17)18)11-4-3-9(15(19,20)21)5-13(11)25-2/h3-5,7-8,12H,6H2,1-2H3. The maximum absolute atomic E-state index is 13.0. The second-order valence-corrected chi connectivity index (χ2v) is 5.15. The molecule has 2 aromatic rings. The van der Waals surface area contributed by atoms with Gasteiger partial charge < -0.3 is 9.47 Å². The monoisotopic (exact) mass is 368 g/mol. The normalized spacial score (nSPS) is 13.6. The highest BCUT2D eigenvalue weighted by atomic mass is 19.4. The van der Waals surface area contributed by atoms with Crippen molar-refractivity contribution in [3.05, 3.63) is 41.7 Å². The SMILES string of the molecule is COc1cnn(C(CC(F)(F)F)c2ccc(C(F)(F)F)cc2OC)c1. The molecule has 1 aromatic carbocycles. The van der Waals surface area contributed by atoms with Crippen molar-refractivity contribution in [3.8, 4) is 11.5 Å². The largest absolute Gasteiger partial charge is 0.496 e. The molecule has 0 aliphatic carbocycles. The molecule has 0 N–H and O–H groups in total. The molecule has 4 nitrogen and oxygen atoms in total. The summed E-state index contributed by atoms with van der Waals surface area (Å²) in [5.74, 6) is -0.0865. The molecule has 2 rings (SSSR count). The second-order valence-electron chi connectivity index (χ2n) is 5.15. The summed E-state index contributed by atoms with van der Waals surface area (Å²) in [6, 6.07) is 0.939. The Morgan fingerprint density at radius 3 is 2.24 bits per heavy atom. The summed E-state index contributed by atoms with van der Waals surface area (Å²) in [5, 5.41) is 3.81. The molecule has 1 unspecified atom stereocenters. The molecule has 138 valence electrons. The van der Waals surface area contributed by atoms with Gasteiger partial charge in [-0.05, 0) is 12.1 Å². The van der Waals surface area contributed by atoms with Crippen LogP contribution in [0.5, 0.6) is 11.5 Å². The van der Waals surface area contributed by atoms with Gasteiger partial charge in [-0.2, -0.15) is 31.4 Å². The Hall–Kier alpha value is -2.39. The first-order valence-electron chi connectivity index (χ1n) is 6.95. The molecule has 0 aliphatic heterocycles. The van der Waals surface area contributed by atoms with Crippen LogP contribution in [-0.2, 0) is 6.18 Å². The van der Waals surface area contributed by atoms with E-state index in [1.54, 1.807) is 0 Å². The van der Waals surface area contributed by atoms with Crippen molar-refractivity contribution >= 4 is 0 Å². The average Bonchev–Trinajstić information content (AvgIpc) is 2.99. The lowest BCUT2D eigenvalue weighted by Crippen LogP contribution is -2.21. The van der Waals surface area contributed by atoms with Gasteiger partial charge in [0.15, 0.2) is 5.75 Å². The van der Waals surface area contributed by atoms with Gasteiger partial charge in [-0.15, -0.1) is 0 Å². The van der Waals surface area contributed by atoms with Gasteiger partial charge in [0, 0.05) is 5.56 Å². The number of benzene rings is 1. The molecule has 0 spiro atoms. The van der Waals surface area contributed by atoms with Crippen LogP contribution in [0.3, 0.4) is 0 Å². The summed E-state index contributed by atoms with van der Waals surface area (Å²) >= 11 is 0. The molecule has 10 heteroatoms. The smallest absolute Gasteiger partial charge is 0.416 e. The summed E-state index contributed by atoms with van der Waals surface area (Å²) in [7, 11) is 2.41. The van der Waals surface area contributed by atoms with Gasteiger partial charge in [0.1, 0.15) is 5.75 Å². The summed E-state index contributed by atoms with van der Waals surface area (Å²) in [6.45, 7) is 0. The molecule has 0 amide bonds. The molecular formula is C15H14F6N2O2. The number of halogens is 6. The Balaban J connectivity index is 2.53. The van der Waals surface area contributed by atoms with E-state index in [1.807, 2.05) is 0 Å². The predicted octanol–water partition coefficient (Wildman–Crippen LogP) is 4.46. The Bertz CT molecular complexity index is 724. The average molecular weight is 368 g/mol. The number of methoxy groups -OCH3 is 2. The fraction of sp³-hybridized carbons (Fsp3) is 0.400. The lowest BCUT2D eigenvalue weighted by atomic mass is 10.00. The molecule has 0 radical (unpaired) electrons. The third-order valence-electron chi connectivity index (χ3n) is 3.48. The Kier molecular flexibility index (Phi) is 5.19. The van der Waals surface area contributed by atoms with E-state index in [4.69, 9.17) is 9.47 Å². The van der Waals surface area contributed by atoms with Crippen molar-refractivity contribution < 1.29 is 35.8 Å². The van der Waals surface area contributed by atoms with Crippen molar-refractivity contribution in [2.45, 2.75) is 24.8 Å². The van der Waals surface area contributed by atoms with Crippen LogP contribution in [0.25, 0.3) is 0 Å². The molecule has 0 aliphatic rings. The predicted molar refractivity (Wildman–Crippen MR) is 75.6 cm³/mol. The minimum atomic E-state index is -4.64. The number of hydrogen-bond donors (Lipinski definition) is 0. The van der Waals surface area contributed by atoms with Crippen LogP contribution in [0.15, 0.2) is 30.6 Å². The quantitative estimate of drug-likeness (QED) is 0.731. The minimum Gasteiger partial charge on any atom is -0.496 e. The highest BCUT2D eigenvalue weighted by molar-refractivity contribution is 5.41. The van der Waals surface area contributed by atoms with Gasteiger partial charge in [0.25, 0.3) is 0 Å². The van der Waals surface area contributed by atoms with Crippen LogP contribution in [0.4, 0.5) is 26.3 Å². The van der Waals surface area contributed by atoms with E-state index in [0.717, 1.165) is 17.9 Å². The Labute approximate surface area is 139 Å². The number of aromatic nitrogens is 2. The molecule has 25 heavy (non-hydrogen) atoms. The van der Waals surface area contributed by atoms with Crippen molar-refractivity contribution in [1.82, 2.24) is 9.78 Å². The highest BCUT2D eigenvalue weighted by Gasteiger charge is 2.37. The highest BCUT2D eigenvalue weighted by Crippen LogP contribution is 2.40. The maximum Gasteiger partial charge on any atom is 0.416 e. The maximum atomic E-state index is 13.0. The van der Waals surface area contributed by atoms with Crippen LogP contribution < -0.4 is 9.47 Å². The van der Waals surface area contributed by atoms with Crippen molar-refractivity contribution in [2.75, 3.05) is 14.2 Å². The van der Waals surface area contributed by atoms with Gasteiger partial charge in [-0.1, -0.05) is 6.07 Å². The van der Waals surface area contributed by atoms with E-state index in [2.05, 4.69) is 5.10 Å². The zero-order chi connectivity index (χ0) is 18.8. The van der Waals surface area contributed by atoms with Gasteiger partial charge in [0.2, 0.25) is 0 Å². The number of hydrogen-bond acceptors (Lipinski definition) is 3. The molecule has 0 saturated carbocycles. The molecule has 0 fully saturated rings. The van der Waals surface area contributed by atoms with Gasteiger partial charge in [0.05, 0.1) is 44.6 Å². The number of alkyl halides is 6. The second kappa shape index (κ2) is 6.85. The van der Waals surface area contributed by atoms with Gasteiger partial charge in [-0.25, -0.2) is 0 Å². The first-order chi connectivity index (χ1) is 11.5. The molecule has 0 bridgehead atoms. The molecule has 1 aromatic heterocycles. The first kappa shape index (κ1) is 18.9. The van der Waals surface area contributed by atoms with Crippen LogP contribution in [0.1, 0.15) is 23.6 Å². The molecule has 1 atom stereocenters. The fourth-order valence-electron chi connectivity index (χ4n) is 2.32. The lowest BCUT2D eigenvalue weighted by molar-refractivity contribution is -0.141. The van der Waals surface area contributed by atoms with Crippen LogP contribution >= 0.6 is 0 Å². The topological polar surface area (TPSA) is 36.3 Å². The van der Waals surface area contributed by atoms with E-state index in [-0.39, 0.29) is 17.1 Å². The van der Waals surface area contributed by atoms with Crippen LogP contribution in [-0.4, -0.2) is 30.2 Å². The molecule has 0 saturated heterocycles. The summed E-state index contributed by atoms with van der Waals surface area (Å²) in [5.41, 5.74) is -1.09. The summed E-state index contributed by atoms with van der Waals surface area (Å²) in [4.78, 5) is 0. The lowest BCUT2D eigenvalue weighted by Gasteiger charge is -2.22. The molecular weight excluding hydrogens is 354 g/mol. The van der Waals surface area contributed by atoms with E-state index < -0.39 is 30.4 Å². The minimum absolute atomic E-state index is 0.0708. The van der Waals surface area contributed by atoms with Crippen molar-refractivity contribution in [3.63, 3.8) is 0 Å². The zero-order valence-electron chi connectivity index (χ0n) is 13.1. The zero-order valence-corrected chi connectivity index (χ0v) is 13.1. The molecule has 1 heterocycles. The van der Waals surface area contributed by atoms with Gasteiger partial charge >= 0.3 is 12.4 Å². The Morgan fingerprint density at radius 2 is 1.76 bits per heavy atom. The first-order valence-corrected chi connectivity index (χ1v) is 6.95. The number of ether oxygens (including phenoxy) is 2. The van der Waals surface area contributed by atoms with Gasteiger partial charge in [-0.3, -0.25) is 4.68 Å².